The molecule has 0 aromatic heterocycles. The Labute approximate surface area is 99.6 Å². The van der Waals surface area contributed by atoms with Crippen molar-refractivity contribution in [2.45, 2.75) is 0 Å². The number of halogens is 1. The molecule has 0 bridgehead atoms. The van der Waals surface area contributed by atoms with Gasteiger partial charge >= 0.3 is 0 Å². The number of amides is 1. The predicted octanol–water partition coefficient (Wildman–Crippen LogP) is 2.38. The van der Waals surface area contributed by atoms with Crippen LogP contribution in [-0.4, -0.2) is 11.1 Å². The third-order valence-corrected chi connectivity index (χ3v) is 3.36. The van der Waals surface area contributed by atoms with E-state index >= 15 is 0 Å². The molecule has 1 aliphatic rings. The van der Waals surface area contributed by atoms with E-state index in [0.717, 1.165) is 10.0 Å². The predicted molar refractivity (Wildman–Crippen MR) is 66.3 cm³/mol. The fraction of sp³-hybridized carbons (Fsp3) is 0. The maximum atomic E-state index is 11.3. The molecule has 1 aliphatic heterocycles. The SMILES string of the molecule is NC1=NC(=O)C(=Cc2ccccc2Br)S1. The highest BCUT2D eigenvalue weighted by atomic mass is 79.9. The topological polar surface area (TPSA) is 55.4 Å². The highest BCUT2D eigenvalue weighted by Crippen LogP contribution is 2.28. The van der Waals surface area contributed by atoms with Crippen molar-refractivity contribution in [1.82, 2.24) is 0 Å². The monoisotopic (exact) mass is 282 g/mol. The molecule has 1 aromatic rings. The lowest BCUT2D eigenvalue weighted by Gasteiger charge is -1.98. The molecule has 0 radical (unpaired) electrons. The van der Waals surface area contributed by atoms with Gasteiger partial charge in [0.15, 0.2) is 5.17 Å². The van der Waals surface area contributed by atoms with E-state index in [1.165, 1.54) is 11.8 Å². The summed E-state index contributed by atoms with van der Waals surface area (Å²) in [5.74, 6) is -0.270. The van der Waals surface area contributed by atoms with Gasteiger partial charge in [0, 0.05) is 4.47 Å². The van der Waals surface area contributed by atoms with Gasteiger partial charge < -0.3 is 5.73 Å². The molecule has 0 saturated carbocycles. The molecular formula is C10H7BrN2OS. The Morgan fingerprint density at radius 1 is 1.40 bits per heavy atom. The molecule has 76 valence electrons. The summed E-state index contributed by atoms with van der Waals surface area (Å²) in [6.07, 6.45) is 1.78. The van der Waals surface area contributed by atoms with Crippen LogP contribution >= 0.6 is 27.7 Å². The van der Waals surface area contributed by atoms with E-state index < -0.39 is 0 Å². The summed E-state index contributed by atoms with van der Waals surface area (Å²) in [6, 6.07) is 7.66. The van der Waals surface area contributed by atoms with Crippen molar-refractivity contribution in [3.8, 4) is 0 Å². The Morgan fingerprint density at radius 3 is 2.73 bits per heavy atom. The van der Waals surface area contributed by atoms with Gasteiger partial charge in [0.1, 0.15) is 0 Å². The van der Waals surface area contributed by atoms with Crippen LogP contribution in [0.5, 0.6) is 0 Å². The average molecular weight is 283 g/mol. The smallest absolute Gasteiger partial charge is 0.286 e. The number of carbonyl (C=O) groups excluding carboxylic acids is 1. The summed E-state index contributed by atoms with van der Waals surface area (Å²) >= 11 is 4.60. The summed E-state index contributed by atoms with van der Waals surface area (Å²) in [5.41, 5.74) is 6.39. The number of thioether (sulfide) groups is 1. The van der Waals surface area contributed by atoms with Crippen LogP contribution in [-0.2, 0) is 4.79 Å². The molecule has 0 saturated heterocycles. The van der Waals surface area contributed by atoms with E-state index in [1.807, 2.05) is 24.3 Å². The molecule has 5 heteroatoms. The zero-order chi connectivity index (χ0) is 10.8. The van der Waals surface area contributed by atoms with E-state index in [2.05, 4.69) is 20.9 Å². The Morgan fingerprint density at radius 2 is 2.13 bits per heavy atom. The van der Waals surface area contributed by atoms with E-state index in [4.69, 9.17) is 5.73 Å². The minimum absolute atomic E-state index is 0.270. The van der Waals surface area contributed by atoms with Gasteiger partial charge in [-0.25, -0.2) is 0 Å². The first-order valence-corrected chi connectivity index (χ1v) is 5.80. The van der Waals surface area contributed by atoms with Crippen LogP contribution in [0.4, 0.5) is 0 Å². The van der Waals surface area contributed by atoms with Crippen molar-refractivity contribution in [3.63, 3.8) is 0 Å². The lowest BCUT2D eigenvalue weighted by molar-refractivity contribution is -0.113. The fourth-order valence-electron chi connectivity index (χ4n) is 1.16. The molecule has 2 N–H and O–H groups in total. The molecule has 3 nitrogen and oxygen atoms in total. The van der Waals surface area contributed by atoms with E-state index in [1.54, 1.807) is 6.08 Å². The third kappa shape index (κ3) is 2.30. The van der Waals surface area contributed by atoms with Crippen LogP contribution in [0.25, 0.3) is 6.08 Å². The number of hydrogen-bond acceptors (Lipinski definition) is 3. The minimum Gasteiger partial charge on any atom is -0.378 e. The van der Waals surface area contributed by atoms with Crippen molar-refractivity contribution >= 4 is 44.8 Å². The second-order valence-electron chi connectivity index (χ2n) is 2.89. The minimum atomic E-state index is -0.270. The molecule has 0 fully saturated rings. The van der Waals surface area contributed by atoms with Crippen LogP contribution in [0.3, 0.4) is 0 Å². The van der Waals surface area contributed by atoms with Crippen molar-refractivity contribution in [1.29, 1.82) is 0 Å². The van der Waals surface area contributed by atoms with Crippen molar-refractivity contribution in [2.75, 3.05) is 0 Å². The second-order valence-corrected chi connectivity index (χ2v) is 4.80. The van der Waals surface area contributed by atoms with Gasteiger partial charge in [0.25, 0.3) is 5.91 Å². The Bertz CT molecular complexity index is 482. The molecular weight excluding hydrogens is 276 g/mol. The van der Waals surface area contributed by atoms with Crippen molar-refractivity contribution in [3.05, 3.63) is 39.2 Å². The van der Waals surface area contributed by atoms with Gasteiger partial charge in [0.05, 0.1) is 4.91 Å². The molecule has 2 rings (SSSR count). The number of nitrogens with zero attached hydrogens (tertiary/aromatic N) is 1. The largest absolute Gasteiger partial charge is 0.378 e. The summed E-state index contributed by atoms with van der Waals surface area (Å²) in [6.45, 7) is 0. The van der Waals surface area contributed by atoms with Gasteiger partial charge in [-0.2, -0.15) is 4.99 Å². The van der Waals surface area contributed by atoms with Gasteiger partial charge in [-0.1, -0.05) is 34.1 Å². The van der Waals surface area contributed by atoms with E-state index in [-0.39, 0.29) is 5.91 Å². The zero-order valence-electron chi connectivity index (χ0n) is 7.61. The molecule has 1 amide bonds. The lowest BCUT2D eigenvalue weighted by Crippen LogP contribution is -2.01. The Balaban J connectivity index is 2.33. The first-order chi connectivity index (χ1) is 7.16. The molecule has 0 spiro atoms. The number of hydrogen-bond donors (Lipinski definition) is 1. The fourth-order valence-corrected chi connectivity index (χ4v) is 2.23. The number of nitrogens with two attached hydrogens (primary N) is 1. The van der Waals surface area contributed by atoms with Gasteiger partial charge in [0.2, 0.25) is 0 Å². The van der Waals surface area contributed by atoms with Crippen molar-refractivity contribution in [2.24, 2.45) is 10.7 Å². The molecule has 0 atom stereocenters. The van der Waals surface area contributed by atoms with E-state index in [9.17, 15) is 4.79 Å². The quantitative estimate of drug-likeness (QED) is 0.805. The second kappa shape index (κ2) is 4.20. The molecule has 1 aromatic carbocycles. The molecule has 1 heterocycles. The summed E-state index contributed by atoms with van der Waals surface area (Å²) in [7, 11) is 0. The highest BCUT2D eigenvalue weighted by molar-refractivity contribution is 9.10. The summed E-state index contributed by atoms with van der Waals surface area (Å²) in [5, 5.41) is 0.304. The van der Waals surface area contributed by atoms with Gasteiger partial charge in [-0.3, -0.25) is 4.79 Å². The normalized spacial score (nSPS) is 18.3. The first kappa shape index (κ1) is 10.4. The van der Waals surface area contributed by atoms with Crippen LogP contribution in [0.1, 0.15) is 5.56 Å². The average Bonchev–Trinajstić information content (AvgIpc) is 2.49. The third-order valence-electron chi connectivity index (χ3n) is 1.83. The van der Waals surface area contributed by atoms with Crippen molar-refractivity contribution < 1.29 is 4.79 Å². The maximum absolute atomic E-state index is 11.3. The van der Waals surface area contributed by atoms with Crippen LogP contribution < -0.4 is 5.73 Å². The van der Waals surface area contributed by atoms with Gasteiger partial charge in [-0.15, -0.1) is 0 Å². The van der Waals surface area contributed by atoms with Crippen LogP contribution in [0.2, 0.25) is 0 Å². The number of amidine groups is 1. The number of benzene rings is 1. The number of carbonyl (C=O) groups is 1. The number of rotatable bonds is 1. The Hall–Kier alpha value is -1.07. The summed E-state index contributed by atoms with van der Waals surface area (Å²) in [4.78, 5) is 15.5. The van der Waals surface area contributed by atoms with Gasteiger partial charge in [-0.05, 0) is 29.5 Å². The standard InChI is InChI=1S/C10H7BrN2OS/c11-7-4-2-1-3-6(7)5-8-9(14)13-10(12)15-8/h1-5H,(H2,12,13,14). The highest BCUT2D eigenvalue weighted by Gasteiger charge is 2.19. The zero-order valence-corrected chi connectivity index (χ0v) is 10.0. The summed E-state index contributed by atoms with van der Waals surface area (Å²) < 4.78 is 0.941. The lowest BCUT2D eigenvalue weighted by atomic mass is 10.2. The van der Waals surface area contributed by atoms with Crippen LogP contribution in [0.15, 0.2) is 38.6 Å². The Kier molecular flexibility index (Phi) is 2.93. The number of aliphatic imine (C=N–C) groups is 1. The van der Waals surface area contributed by atoms with E-state index in [0.29, 0.717) is 10.1 Å². The molecule has 0 aliphatic carbocycles. The maximum Gasteiger partial charge on any atom is 0.286 e. The molecule has 15 heavy (non-hydrogen) atoms. The van der Waals surface area contributed by atoms with Crippen LogP contribution in [0, 0.1) is 0 Å². The molecule has 0 unspecified atom stereocenters. The first-order valence-electron chi connectivity index (χ1n) is 4.19.